The molecule has 1 saturated heterocycles. The van der Waals surface area contributed by atoms with E-state index in [0.29, 0.717) is 24.3 Å². The molecular formula is C18H29IN6O2S. The Morgan fingerprint density at radius 3 is 2.68 bits per heavy atom. The lowest BCUT2D eigenvalue weighted by Crippen LogP contribution is -2.46. The molecule has 0 aliphatic carbocycles. The number of aromatic nitrogens is 2. The van der Waals surface area contributed by atoms with Gasteiger partial charge >= 0.3 is 0 Å². The highest BCUT2D eigenvalue weighted by Crippen LogP contribution is 2.27. The van der Waals surface area contributed by atoms with E-state index in [4.69, 9.17) is 9.26 Å². The van der Waals surface area contributed by atoms with Crippen LogP contribution in [0.4, 0.5) is 0 Å². The summed E-state index contributed by atoms with van der Waals surface area (Å²) < 4.78 is 10.5. The normalized spacial score (nSPS) is 16.5. The number of hydrogen-bond donors (Lipinski definition) is 2. The Bertz CT molecular complexity index is 744. The Balaban J connectivity index is 0.00000280. The van der Waals surface area contributed by atoms with Crippen molar-refractivity contribution in [3.05, 3.63) is 33.6 Å². The molecule has 1 fully saturated rings. The molecule has 3 rings (SSSR count). The van der Waals surface area contributed by atoms with Gasteiger partial charge in [-0.05, 0) is 26.0 Å². The summed E-state index contributed by atoms with van der Waals surface area (Å²) in [5.74, 6) is 1.90. The third-order valence-corrected chi connectivity index (χ3v) is 5.43. The number of ether oxygens (including phenoxy) is 1. The number of aryl methyl sites for hydroxylation is 2. The van der Waals surface area contributed by atoms with Gasteiger partial charge in [0.05, 0.1) is 19.3 Å². The molecule has 1 aliphatic heterocycles. The standard InChI is InChI=1S/C18H28N6O2S.HI/c1-4-19-18(21-12-17-22-14(3)26-23-17)20-11-15(16-6-5-13(2)27-16)24-7-9-25-10-8-24;/h5-6,15H,4,7-12H2,1-3H3,(H2,19,20,21);1H. The molecule has 0 saturated carbocycles. The van der Waals surface area contributed by atoms with Crippen LogP contribution in [-0.2, 0) is 11.3 Å². The fourth-order valence-electron chi connectivity index (χ4n) is 3.02. The average Bonchev–Trinajstić information content (AvgIpc) is 3.29. The molecule has 0 radical (unpaired) electrons. The monoisotopic (exact) mass is 520 g/mol. The number of halogens is 1. The van der Waals surface area contributed by atoms with E-state index in [0.717, 1.165) is 45.4 Å². The van der Waals surface area contributed by atoms with Gasteiger partial charge in [0.25, 0.3) is 0 Å². The van der Waals surface area contributed by atoms with Gasteiger partial charge in [0, 0.05) is 42.9 Å². The average molecular weight is 520 g/mol. The van der Waals surface area contributed by atoms with Crippen LogP contribution in [0.5, 0.6) is 0 Å². The van der Waals surface area contributed by atoms with Crippen LogP contribution >= 0.6 is 35.3 Å². The van der Waals surface area contributed by atoms with Crippen molar-refractivity contribution < 1.29 is 9.26 Å². The molecule has 3 heterocycles. The van der Waals surface area contributed by atoms with E-state index in [2.05, 4.69) is 56.6 Å². The summed E-state index contributed by atoms with van der Waals surface area (Å²) in [7, 11) is 0. The molecule has 0 aromatic carbocycles. The Kier molecular flexibility index (Phi) is 9.62. The van der Waals surface area contributed by atoms with Gasteiger partial charge in [0.2, 0.25) is 5.89 Å². The van der Waals surface area contributed by atoms with Crippen LogP contribution in [0.1, 0.15) is 34.4 Å². The minimum atomic E-state index is 0. The Morgan fingerprint density at radius 2 is 2.07 bits per heavy atom. The largest absolute Gasteiger partial charge is 0.379 e. The van der Waals surface area contributed by atoms with E-state index < -0.39 is 0 Å². The van der Waals surface area contributed by atoms with E-state index in [-0.39, 0.29) is 24.0 Å². The first kappa shape index (κ1) is 23.0. The minimum absolute atomic E-state index is 0. The molecule has 1 aliphatic rings. The second-order valence-electron chi connectivity index (χ2n) is 6.42. The predicted molar refractivity (Wildman–Crippen MR) is 121 cm³/mol. The zero-order valence-electron chi connectivity index (χ0n) is 16.6. The second kappa shape index (κ2) is 11.7. The summed E-state index contributed by atoms with van der Waals surface area (Å²) in [4.78, 5) is 14.0. The van der Waals surface area contributed by atoms with Crippen LogP contribution < -0.4 is 10.6 Å². The number of thiophene rings is 1. The summed E-state index contributed by atoms with van der Waals surface area (Å²) in [5.41, 5.74) is 0. The zero-order chi connectivity index (χ0) is 19.1. The van der Waals surface area contributed by atoms with Gasteiger partial charge in [-0.15, -0.1) is 35.3 Å². The van der Waals surface area contributed by atoms with Gasteiger partial charge in [-0.1, -0.05) is 5.16 Å². The van der Waals surface area contributed by atoms with Crippen LogP contribution in [0.2, 0.25) is 0 Å². The predicted octanol–water partition coefficient (Wildman–Crippen LogP) is 2.49. The summed E-state index contributed by atoms with van der Waals surface area (Å²) in [6.45, 7) is 11.4. The van der Waals surface area contributed by atoms with Crippen LogP contribution in [0, 0.1) is 13.8 Å². The van der Waals surface area contributed by atoms with Crippen molar-refractivity contribution in [2.75, 3.05) is 39.4 Å². The van der Waals surface area contributed by atoms with Crippen molar-refractivity contribution in [1.82, 2.24) is 25.7 Å². The number of morpholine rings is 1. The molecule has 156 valence electrons. The summed E-state index contributed by atoms with van der Waals surface area (Å²) in [5, 5.41) is 10.7. The van der Waals surface area contributed by atoms with Gasteiger partial charge < -0.3 is 19.9 Å². The van der Waals surface area contributed by atoms with Crippen LogP contribution in [-0.4, -0.2) is 60.4 Å². The highest BCUT2D eigenvalue weighted by molar-refractivity contribution is 14.0. The quantitative estimate of drug-likeness (QED) is 0.330. The van der Waals surface area contributed by atoms with Crippen molar-refractivity contribution in [1.29, 1.82) is 0 Å². The molecule has 10 heteroatoms. The highest BCUT2D eigenvalue weighted by atomic mass is 127. The third-order valence-electron chi connectivity index (χ3n) is 4.33. The summed E-state index contributed by atoms with van der Waals surface area (Å²) in [6.07, 6.45) is 0. The molecular weight excluding hydrogens is 491 g/mol. The van der Waals surface area contributed by atoms with Crippen molar-refractivity contribution >= 4 is 41.3 Å². The number of nitrogens with zero attached hydrogens (tertiary/aromatic N) is 4. The topological polar surface area (TPSA) is 87.8 Å². The maximum Gasteiger partial charge on any atom is 0.223 e. The first-order valence-corrected chi connectivity index (χ1v) is 10.2. The summed E-state index contributed by atoms with van der Waals surface area (Å²) in [6, 6.07) is 4.71. The fourth-order valence-corrected chi connectivity index (χ4v) is 4.03. The number of nitrogens with one attached hydrogen (secondary N) is 2. The van der Waals surface area contributed by atoms with Gasteiger partial charge in [-0.2, -0.15) is 4.98 Å². The van der Waals surface area contributed by atoms with E-state index in [1.807, 2.05) is 11.3 Å². The Hall–Kier alpha value is -1.24. The van der Waals surface area contributed by atoms with E-state index in [1.165, 1.54) is 9.75 Å². The number of aliphatic imine (C=N–C) groups is 1. The molecule has 2 aromatic heterocycles. The molecule has 1 unspecified atom stereocenters. The van der Waals surface area contributed by atoms with E-state index in [9.17, 15) is 0 Å². The SMILES string of the molecule is CCNC(=NCc1noc(C)n1)NCC(c1ccc(C)s1)N1CCOCC1.I. The molecule has 2 N–H and O–H groups in total. The van der Waals surface area contributed by atoms with Gasteiger partial charge in [-0.3, -0.25) is 4.90 Å². The lowest BCUT2D eigenvalue weighted by atomic mass is 10.2. The van der Waals surface area contributed by atoms with Crippen molar-refractivity contribution in [2.24, 2.45) is 4.99 Å². The third kappa shape index (κ3) is 6.68. The number of hydrogen-bond acceptors (Lipinski definition) is 7. The molecule has 1 atom stereocenters. The smallest absolute Gasteiger partial charge is 0.223 e. The molecule has 0 amide bonds. The maximum atomic E-state index is 5.53. The van der Waals surface area contributed by atoms with Gasteiger partial charge in [0.15, 0.2) is 11.8 Å². The fraction of sp³-hybridized carbons (Fsp3) is 0.611. The number of guanidine groups is 1. The minimum Gasteiger partial charge on any atom is -0.379 e. The Morgan fingerprint density at radius 1 is 1.29 bits per heavy atom. The van der Waals surface area contributed by atoms with Crippen molar-refractivity contribution in [3.8, 4) is 0 Å². The van der Waals surface area contributed by atoms with Gasteiger partial charge in [-0.25, -0.2) is 4.99 Å². The van der Waals surface area contributed by atoms with Crippen molar-refractivity contribution in [3.63, 3.8) is 0 Å². The first-order chi connectivity index (χ1) is 13.2. The number of rotatable bonds is 7. The van der Waals surface area contributed by atoms with Crippen molar-refractivity contribution in [2.45, 2.75) is 33.4 Å². The molecule has 8 nitrogen and oxygen atoms in total. The van der Waals surface area contributed by atoms with E-state index in [1.54, 1.807) is 6.92 Å². The lowest BCUT2D eigenvalue weighted by Gasteiger charge is -2.34. The molecule has 0 spiro atoms. The molecule has 2 aromatic rings. The van der Waals surface area contributed by atoms with Crippen LogP contribution in [0.3, 0.4) is 0 Å². The van der Waals surface area contributed by atoms with Crippen LogP contribution in [0.15, 0.2) is 21.6 Å². The maximum absolute atomic E-state index is 5.53. The van der Waals surface area contributed by atoms with Gasteiger partial charge in [0.1, 0.15) is 6.54 Å². The Labute approximate surface area is 187 Å². The van der Waals surface area contributed by atoms with Crippen LogP contribution in [0.25, 0.3) is 0 Å². The second-order valence-corrected chi connectivity index (χ2v) is 7.74. The van der Waals surface area contributed by atoms with E-state index >= 15 is 0 Å². The molecule has 28 heavy (non-hydrogen) atoms. The highest BCUT2D eigenvalue weighted by Gasteiger charge is 2.24. The lowest BCUT2D eigenvalue weighted by molar-refractivity contribution is 0.0177. The molecule has 0 bridgehead atoms. The summed E-state index contributed by atoms with van der Waals surface area (Å²) >= 11 is 1.85. The first-order valence-electron chi connectivity index (χ1n) is 9.35. The zero-order valence-corrected chi connectivity index (χ0v) is 19.8.